The Morgan fingerprint density at radius 1 is 0.308 bits per heavy atom. The van der Waals surface area contributed by atoms with E-state index in [-0.39, 0.29) is 0 Å². The first-order chi connectivity index (χ1) is 25.8. The molecule has 0 amide bonds. The zero-order valence-electron chi connectivity index (χ0n) is 28.5. The van der Waals surface area contributed by atoms with Crippen LogP contribution in [0.15, 0.2) is 206 Å². The van der Waals surface area contributed by atoms with Crippen LogP contribution in [0.25, 0.3) is 71.3 Å². The van der Waals surface area contributed by atoms with Gasteiger partial charge >= 0.3 is 0 Å². The number of para-hydroxylation sites is 2. The maximum absolute atomic E-state index is 2.39. The van der Waals surface area contributed by atoms with E-state index in [9.17, 15) is 0 Å². The van der Waals surface area contributed by atoms with Crippen molar-refractivity contribution in [2.45, 2.75) is 0 Å². The molecule has 2 heteroatoms. The second-order valence-electron chi connectivity index (χ2n) is 13.4. The SMILES string of the molecule is c1cc(N(c2ccc(-c3ccc4ccccc4c3)cc2)c2ccc(-c3cccc4ccccc34)cc2)cc(-n2c3ccccc3c3ccccc32)c1. The van der Waals surface area contributed by atoms with Gasteiger partial charge in [0.25, 0.3) is 0 Å². The second-order valence-corrected chi connectivity index (χ2v) is 13.4. The van der Waals surface area contributed by atoms with Crippen molar-refractivity contribution in [2.75, 3.05) is 4.90 Å². The lowest BCUT2D eigenvalue weighted by molar-refractivity contribution is 1.17. The zero-order valence-corrected chi connectivity index (χ0v) is 28.5. The Balaban J connectivity index is 1.10. The minimum atomic E-state index is 1.09. The highest BCUT2D eigenvalue weighted by Crippen LogP contribution is 2.40. The Bertz CT molecular complexity index is 2840. The summed E-state index contributed by atoms with van der Waals surface area (Å²) in [7, 11) is 0. The van der Waals surface area contributed by atoms with E-state index >= 15 is 0 Å². The van der Waals surface area contributed by atoms with Gasteiger partial charge in [0, 0.05) is 33.5 Å². The molecule has 0 bridgehead atoms. The van der Waals surface area contributed by atoms with Crippen molar-refractivity contribution in [1.29, 1.82) is 0 Å². The topological polar surface area (TPSA) is 8.17 Å². The Morgan fingerprint density at radius 3 is 1.56 bits per heavy atom. The molecule has 0 unspecified atom stereocenters. The van der Waals surface area contributed by atoms with Crippen LogP contribution in [0.3, 0.4) is 0 Å². The fourth-order valence-corrected chi connectivity index (χ4v) is 7.86. The van der Waals surface area contributed by atoms with Crippen molar-refractivity contribution in [3.8, 4) is 27.9 Å². The van der Waals surface area contributed by atoms with Crippen LogP contribution in [0.1, 0.15) is 0 Å². The van der Waals surface area contributed by atoms with Gasteiger partial charge in [-0.05, 0) is 104 Å². The molecule has 10 rings (SSSR count). The van der Waals surface area contributed by atoms with Crippen molar-refractivity contribution in [1.82, 2.24) is 4.57 Å². The molecule has 0 N–H and O–H groups in total. The Morgan fingerprint density at radius 2 is 0.846 bits per heavy atom. The van der Waals surface area contributed by atoms with Gasteiger partial charge in [-0.2, -0.15) is 0 Å². The van der Waals surface area contributed by atoms with Gasteiger partial charge in [-0.15, -0.1) is 0 Å². The molecule has 0 aliphatic carbocycles. The number of rotatable bonds is 6. The highest BCUT2D eigenvalue weighted by Gasteiger charge is 2.17. The smallest absolute Gasteiger partial charge is 0.0541 e. The molecule has 244 valence electrons. The number of fused-ring (bicyclic) bond motifs is 5. The van der Waals surface area contributed by atoms with Crippen LogP contribution in [-0.4, -0.2) is 4.57 Å². The zero-order chi connectivity index (χ0) is 34.4. The number of aromatic nitrogens is 1. The Labute approximate surface area is 303 Å². The third-order valence-electron chi connectivity index (χ3n) is 10.4. The molecule has 0 spiro atoms. The minimum Gasteiger partial charge on any atom is -0.310 e. The fourth-order valence-electron chi connectivity index (χ4n) is 7.86. The largest absolute Gasteiger partial charge is 0.310 e. The third-order valence-corrected chi connectivity index (χ3v) is 10.4. The fraction of sp³-hybridized carbons (Fsp3) is 0. The van der Waals surface area contributed by atoms with E-state index < -0.39 is 0 Å². The predicted molar refractivity (Wildman–Crippen MR) is 221 cm³/mol. The highest BCUT2D eigenvalue weighted by molar-refractivity contribution is 6.09. The Kier molecular flexibility index (Phi) is 7.18. The van der Waals surface area contributed by atoms with Crippen LogP contribution in [0.2, 0.25) is 0 Å². The van der Waals surface area contributed by atoms with E-state index in [2.05, 4.69) is 216 Å². The first kappa shape index (κ1) is 30.0. The van der Waals surface area contributed by atoms with Gasteiger partial charge in [-0.25, -0.2) is 0 Å². The predicted octanol–water partition coefficient (Wildman–Crippen LogP) is 13.9. The van der Waals surface area contributed by atoms with E-state index in [1.807, 2.05) is 0 Å². The summed E-state index contributed by atoms with van der Waals surface area (Å²) >= 11 is 0. The summed E-state index contributed by atoms with van der Waals surface area (Å²) in [4.78, 5) is 2.37. The molecular weight excluding hydrogens is 629 g/mol. The van der Waals surface area contributed by atoms with Gasteiger partial charge in [0.1, 0.15) is 0 Å². The number of hydrogen-bond acceptors (Lipinski definition) is 1. The summed E-state index contributed by atoms with van der Waals surface area (Å²) < 4.78 is 2.39. The van der Waals surface area contributed by atoms with Crippen LogP contribution < -0.4 is 4.90 Å². The maximum Gasteiger partial charge on any atom is 0.0541 e. The van der Waals surface area contributed by atoms with Crippen molar-refractivity contribution < 1.29 is 0 Å². The number of nitrogens with zero attached hydrogens (tertiary/aromatic N) is 2. The minimum absolute atomic E-state index is 1.09. The van der Waals surface area contributed by atoms with Gasteiger partial charge in [0.2, 0.25) is 0 Å². The molecule has 2 nitrogen and oxygen atoms in total. The summed E-state index contributed by atoms with van der Waals surface area (Å²) in [6.07, 6.45) is 0. The Hall–Kier alpha value is -6.90. The van der Waals surface area contributed by atoms with Gasteiger partial charge in [-0.1, -0.05) is 146 Å². The lowest BCUT2D eigenvalue weighted by Crippen LogP contribution is -2.10. The summed E-state index contributed by atoms with van der Waals surface area (Å²) in [5, 5.41) is 7.53. The standard InChI is InChI=1S/C50H34N2/c1-2-13-39-33-40(24-23-35(39)11-1)36-25-29-41(30-26-36)51(42-31-27-38(28-32-42)46-20-9-14-37-12-3-4-17-45(37)46)43-15-10-16-44(34-43)52-49-21-7-5-18-47(49)48-19-6-8-22-50(48)52/h1-34H. The molecule has 0 aliphatic heterocycles. The van der Waals surface area contributed by atoms with Gasteiger partial charge in [-0.3, -0.25) is 0 Å². The summed E-state index contributed by atoms with van der Waals surface area (Å²) in [5.41, 5.74) is 11.7. The van der Waals surface area contributed by atoms with Gasteiger partial charge < -0.3 is 9.47 Å². The third kappa shape index (κ3) is 5.12. The lowest BCUT2D eigenvalue weighted by Gasteiger charge is -2.27. The normalized spacial score (nSPS) is 11.5. The van der Waals surface area contributed by atoms with E-state index in [1.165, 1.54) is 65.6 Å². The van der Waals surface area contributed by atoms with E-state index in [4.69, 9.17) is 0 Å². The number of anilines is 3. The molecule has 9 aromatic carbocycles. The van der Waals surface area contributed by atoms with Crippen LogP contribution in [0, 0.1) is 0 Å². The van der Waals surface area contributed by atoms with E-state index in [0.29, 0.717) is 0 Å². The van der Waals surface area contributed by atoms with Crippen LogP contribution >= 0.6 is 0 Å². The molecule has 0 radical (unpaired) electrons. The molecule has 1 aromatic heterocycles. The molecule has 0 aliphatic rings. The lowest BCUT2D eigenvalue weighted by atomic mass is 9.98. The molecule has 0 atom stereocenters. The van der Waals surface area contributed by atoms with E-state index in [1.54, 1.807) is 0 Å². The highest BCUT2D eigenvalue weighted by atomic mass is 15.1. The summed E-state index contributed by atoms with van der Waals surface area (Å²) in [6, 6.07) is 74.7. The first-order valence-electron chi connectivity index (χ1n) is 17.8. The summed E-state index contributed by atoms with van der Waals surface area (Å²) in [5.74, 6) is 0. The molecule has 0 saturated carbocycles. The van der Waals surface area contributed by atoms with Crippen LogP contribution in [0.4, 0.5) is 17.1 Å². The number of hydrogen-bond donors (Lipinski definition) is 0. The molecular formula is C50H34N2. The van der Waals surface area contributed by atoms with Gasteiger partial charge in [0.15, 0.2) is 0 Å². The van der Waals surface area contributed by atoms with Crippen molar-refractivity contribution in [2.24, 2.45) is 0 Å². The average molecular weight is 663 g/mol. The molecule has 0 saturated heterocycles. The van der Waals surface area contributed by atoms with Crippen LogP contribution in [0.5, 0.6) is 0 Å². The van der Waals surface area contributed by atoms with Gasteiger partial charge in [0.05, 0.1) is 11.0 Å². The van der Waals surface area contributed by atoms with Crippen molar-refractivity contribution >= 4 is 60.4 Å². The monoisotopic (exact) mass is 662 g/mol. The number of benzene rings is 9. The molecule has 1 heterocycles. The van der Waals surface area contributed by atoms with Crippen LogP contribution in [-0.2, 0) is 0 Å². The quantitative estimate of drug-likeness (QED) is 0.172. The molecule has 52 heavy (non-hydrogen) atoms. The van der Waals surface area contributed by atoms with Crippen molar-refractivity contribution in [3.05, 3.63) is 206 Å². The summed E-state index contributed by atoms with van der Waals surface area (Å²) in [6.45, 7) is 0. The van der Waals surface area contributed by atoms with Crippen molar-refractivity contribution in [3.63, 3.8) is 0 Å². The van der Waals surface area contributed by atoms with E-state index in [0.717, 1.165) is 22.7 Å². The average Bonchev–Trinajstić information content (AvgIpc) is 3.56. The molecule has 10 aromatic rings. The first-order valence-corrected chi connectivity index (χ1v) is 17.8. The maximum atomic E-state index is 2.39. The second kappa shape index (κ2) is 12.5. The molecule has 0 fully saturated rings.